The Labute approximate surface area is 146 Å². The van der Waals surface area contributed by atoms with Crippen molar-refractivity contribution in [3.63, 3.8) is 0 Å². The molecule has 3 N–H and O–H groups in total. The SMILES string of the molecule is CC(C)CCNC(N)=NCC(C)N1CCN(c2ccccc2)CC1. The molecule has 0 bridgehead atoms. The van der Waals surface area contributed by atoms with Crippen molar-refractivity contribution in [1.82, 2.24) is 10.2 Å². The molecule has 0 spiro atoms. The number of benzene rings is 1. The van der Waals surface area contributed by atoms with Crippen molar-refractivity contribution in [2.75, 3.05) is 44.2 Å². The summed E-state index contributed by atoms with van der Waals surface area (Å²) in [4.78, 5) is 9.46. The number of guanidine groups is 1. The fraction of sp³-hybridized carbons (Fsp3) is 0.632. The summed E-state index contributed by atoms with van der Waals surface area (Å²) in [6.45, 7) is 12.6. The number of nitrogens with two attached hydrogens (primary N) is 1. The molecular weight excluding hydrogens is 298 g/mol. The van der Waals surface area contributed by atoms with Gasteiger partial charge in [-0.2, -0.15) is 0 Å². The van der Waals surface area contributed by atoms with Crippen LogP contribution in [0.2, 0.25) is 0 Å². The summed E-state index contributed by atoms with van der Waals surface area (Å²) in [6, 6.07) is 11.1. The molecule has 24 heavy (non-hydrogen) atoms. The lowest BCUT2D eigenvalue weighted by molar-refractivity contribution is 0.201. The number of nitrogens with one attached hydrogen (secondary N) is 1. The van der Waals surface area contributed by atoms with E-state index >= 15 is 0 Å². The van der Waals surface area contributed by atoms with Crippen LogP contribution in [0.15, 0.2) is 35.3 Å². The van der Waals surface area contributed by atoms with Gasteiger partial charge >= 0.3 is 0 Å². The van der Waals surface area contributed by atoms with Gasteiger partial charge in [0.25, 0.3) is 0 Å². The third-order valence-electron chi connectivity index (χ3n) is 4.61. The molecule has 1 heterocycles. The normalized spacial score (nSPS) is 18.0. The molecule has 1 fully saturated rings. The second-order valence-corrected chi connectivity index (χ2v) is 7.04. The average molecular weight is 332 g/mol. The molecule has 0 aromatic heterocycles. The van der Waals surface area contributed by atoms with Gasteiger partial charge in [-0.05, 0) is 31.4 Å². The van der Waals surface area contributed by atoms with Crippen molar-refractivity contribution >= 4 is 11.6 Å². The second kappa shape index (κ2) is 9.52. The van der Waals surface area contributed by atoms with E-state index in [1.807, 2.05) is 0 Å². The van der Waals surface area contributed by atoms with Gasteiger partial charge in [-0.25, -0.2) is 0 Å². The van der Waals surface area contributed by atoms with Crippen LogP contribution in [-0.2, 0) is 0 Å². The number of hydrogen-bond donors (Lipinski definition) is 2. The number of aliphatic imine (C=N–C) groups is 1. The Kier molecular flexibility index (Phi) is 7.37. The van der Waals surface area contributed by atoms with Crippen molar-refractivity contribution in [2.45, 2.75) is 33.2 Å². The van der Waals surface area contributed by atoms with Crippen molar-refractivity contribution in [3.8, 4) is 0 Å². The molecule has 134 valence electrons. The van der Waals surface area contributed by atoms with Crippen LogP contribution in [-0.4, -0.2) is 56.2 Å². The Hall–Kier alpha value is -1.75. The summed E-state index contributed by atoms with van der Waals surface area (Å²) < 4.78 is 0. The highest BCUT2D eigenvalue weighted by Gasteiger charge is 2.20. The summed E-state index contributed by atoms with van der Waals surface area (Å²) in [5.41, 5.74) is 7.27. The molecule has 1 atom stereocenters. The van der Waals surface area contributed by atoms with E-state index in [2.05, 4.69) is 71.2 Å². The van der Waals surface area contributed by atoms with E-state index in [-0.39, 0.29) is 0 Å². The topological polar surface area (TPSA) is 56.9 Å². The van der Waals surface area contributed by atoms with Crippen LogP contribution in [0.3, 0.4) is 0 Å². The molecule has 1 saturated heterocycles. The highest BCUT2D eigenvalue weighted by molar-refractivity contribution is 5.77. The maximum atomic E-state index is 5.95. The fourth-order valence-corrected chi connectivity index (χ4v) is 2.95. The minimum atomic E-state index is 0.424. The summed E-state index contributed by atoms with van der Waals surface area (Å²) >= 11 is 0. The molecule has 1 aromatic carbocycles. The quantitative estimate of drug-likeness (QED) is 0.594. The number of para-hydroxylation sites is 1. The highest BCUT2D eigenvalue weighted by Crippen LogP contribution is 2.16. The van der Waals surface area contributed by atoms with Gasteiger partial charge in [-0.3, -0.25) is 9.89 Å². The Morgan fingerprint density at radius 3 is 2.42 bits per heavy atom. The minimum Gasteiger partial charge on any atom is -0.370 e. The zero-order valence-electron chi connectivity index (χ0n) is 15.4. The Balaban J connectivity index is 1.71. The van der Waals surface area contributed by atoms with E-state index in [4.69, 9.17) is 5.73 Å². The number of piperazine rings is 1. The van der Waals surface area contributed by atoms with E-state index in [1.54, 1.807) is 0 Å². The van der Waals surface area contributed by atoms with Gasteiger partial charge in [0, 0.05) is 44.5 Å². The van der Waals surface area contributed by atoms with Gasteiger partial charge < -0.3 is 16.0 Å². The van der Waals surface area contributed by atoms with Gasteiger partial charge in [-0.1, -0.05) is 32.0 Å². The van der Waals surface area contributed by atoms with Crippen LogP contribution >= 0.6 is 0 Å². The fourth-order valence-electron chi connectivity index (χ4n) is 2.95. The lowest BCUT2D eigenvalue weighted by Gasteiger charge is -2.38. The zero-order chi connectivity index (χ0) is 17.4. The molecule has 1 aliphatic heterocycles. The Morgan fingerprint density at radius 1 is 1.12 bits per heavy atom. The first-order chi connectivity index (χ1) is 11.6. The highest BCUT2D eigenvalue weighted by atomic mass is 15.3. The van der Waals surface area contributed by atoms with Gasteiger partial charge in [0.05, 0.1) is 6.54 Å². The number of hydrogen-bond acceptors (Lipinski definition) is 3. The van der Waals surface area contributed by atoms with Crippen molar-refractivity contribution in [3.05, 3.63) is 30.3 Å². The van der Waals surface area contributed by atoms with E-state index < -0.39 is 0 Å². The van der Waals surface area contributed by atoms with Crippen molar-refractivity contribution in [2.24, 2.45) is 16.6 Å². The molecule has 5 nitrogen and oxygen atoms in total. The Morgan fingerprint density at radius 2 is 1.79 bits per heavy atom. The van der Waals surface area contributed by atoms with Crippen LogP contribution in [0.5, 0.6) is 0 Å². The maximum Gasteiger partial charge on any atom is 0.188 e. The molecule has 2 rings (SSSR count). The third kappa shape index (κ3) is 6.04. The molecule has 5 heteroatoms. The van der Waals surface area contributed by atoms with Gasteiger partial charge in [0.2, 0.25) is 0 Å². The van der Waals surface area contributed by atoms with E-state index in [1.165, 1.54) is 5.69 Å². The zero-order valence-corrected chi connectivity index (χ0v) is 15.4. The first kappa shape index (κ1) is 18.6. The number of nitrogens with zero attached hydrogens (tertiary/aromatic N) is 3. The summed E-state index contributed by atoms with van der Waals surface area (Å²) in [5.74, 6) is 1.26. The molecule has 1 aliphatic rings. The van der Waals surface area contributed by atoms with Crippen LogP contribution in [0, 0.1) is 5.92 Å². The number of anilines is 1. The van der Waals surface area contributed by atoms with Crippen LogP contribution < -0.4 is 16.0 Å². The van der Waals surface area contributed by atoms with Crippen LogP contribution in [0.1, 0.15) is 27.2 Å². The first-order valence-electron chi connectivity index (χ1n) is 9.14. The largest absolute Gasteiger partial charge is 0.370 e. The second-order valence-electron chi connectivity index (χ2n) is 7.04. The summed E-state index contributed by atoms with van der Waals surface area (Å²) in [6.07, 6.45) is 1.12. The smallest absolute Gasteiger partial charge is 0.188 e. The molecule has 1 aromatic rings. The monoisotopic (exact) mass is 331 g/mol. The van der Waals surface area contributed by atoms with Crippen molar-refractivity contribution < 1.29 is 0 Å². The first-order valence-corrected chi connectivity index (χ1v) is 9.14. The third-order valence-corrected chi connectivity index (χ3v) is 4.61. The lowest BCUT2D eigenvalue weighted by Crippen LogP contribution is -2.50. The van der Waals surface area contributed by atoms with E-state index in [0.717, 1.165) is 45.7 Å². The number of rotatable bonds is 7. The standard InChI is InChI=1S/C19H33N5/c1-16(2)9-10-21-19(20)22-15-17(3)23-11-13-24(14-12-23)18-7-5-4-6-8-18/h4-8,16-17H,9-15H2,1-3H3,(H3,20,21,22). The van der Waals surface area contributed by atoms with Gasteiger partial charge in [0.1, 0.15) is 0 Å². The average Bonchev–Trinajstić information content (AvgIpc) is 2.60. The molecule has 0 radical (unpaired) electrons. The van der Waals surface area contributed by atoms with E-state index in [9.17, 15) is 0 Å². The molecular formula is C19H33N5. The Bertz CT molecular complexity index is 492. The van der Waals surface area contributed by atoms with Crippen LogP contribution in [0.25, 0.3) is 0 Å². The molecule has 0 amide bonds. The molecule has 0 aliphatic carbocycles. The predicted molar refractivity (Wildman–Crippen MR) is 104 cm³/mol. The lowest BCUT2D eigenvalue weighted by atomic mass is 10.1. The minimum absolute atomic E-state index is 0.424. The van der Waals surface area contributed by atoms with Gasteiger partial charge in [-0.15, -0.1) is 0 Å². The van der Waals surface area contributed by atoms with Gasteiger partial charge in [0.15, 0.2) is 5.96 Å². The summed E-state index contributed by atoms with van der Waals surface area (Å²) in [7, 11) is 0. The molecule has 1 unspecified atom stereocenters. The molecule has 0 saturated carbocycles. The van der Waals surface area contributed by atoms with E-state index in [0.29, 0.717) is 17.9 Å². The predicted octanol–water partition coefficient (Wildman–Crippen LogP) is 2.15. The van der Waals surface area contributed by atoms with Crippen molar-refractivity contribution in [1.29, 1.82) is 0 Å². The maximum absolute atomic E-state index is 5.95. The summed E-state index contributed by atoms with van der Waals surface area (Å²) in [5, 5.41) is 3.20. The van der Waals surface area contributed by atoms with Crippen LogP contribution in [0.4, 0.5) is 5.69 Å².